The minimum atomic E-state index is -3.76. The predicted octanol–water partition coefficient (Wildman–Crippen LogP) is 1.99. The lowest BCUT2D eigenvalue weighted by atomic mass is 10.1. The minimum Gasteiger partial charge on any atom is -0.493 e. The maximum atomic E-state index is 13.2. The highest BCUT2D eigenvalue weighted by Gasteiger charge is 2.29. The monoisotopic (exact) mass is 477 g/mol. The number of nitrogens with two attached hydrogens (primary N) is 1. The molecule has 2 amide bonds. The Bertz CT molecular complexity index is 1100. The van der Waals surface area contributed by atoms with Crippen molar-refractivity contribution in [1.82, 2.24) is 4.31 Å². The van der Waals surface area contributed by atoms with E-state index < -0.39 is 28.4 Å². The molecule has 2 aromatic rings. The van der Waals surface area contributed by atoms with Crippen LogP contribution in [0.25, 0.3) is 0 Å². The number of primary amides is 1. The van der Waals surface area contributed by atoms with Gasteiger partial charge in [-0.2, -0.15) is 4.31 Å². The van der Waals surface area contributed by atoms with Crippen molar-refractivity contribution in [1.29, 1.82) is 0 Å². The highest BCUT2D eigenvalue weighted by molar-refractivity contribution is 7.89. The van der Waals surface area contributed by atoms with E-state index in [1.165, 1.54) is 42.8 Å². The van der Waals surface area contributed by atoms with Crippen molar-refractivity contribution in [2.75, 3.05) is 39.2 Å². The van der Waals surface area contributed by atoms with Crippen molar-refractivity contribution < 1.29 is 32.2 Å². The summed E-state index contributed by atoms with van der Waals surface area (Å²) in [4.78, 5) is 24.1. The van der Waals surface area contributed by atoms with Gasteiger partial charge in [-0.1, -0.05) is 18.6 Å². The third-order valence-corrected chi connectivity index (χ3v) is 7.11. The van der Waals surface area contributed by atoms with Crippen molar-refractivity contribution >= 4 is 27.5 Å². The Hall–Kier alpha value is -3.31. The van der Waals surface area contributed by atoms with Crippen LogP contribution >= 0.6 is 0 Å². The summed E-state index contributed by atoms with van der Waals surface area (Å²) in [7, 11) is -1.02. The molecule has 1 aliphatic heterocycles. The van der Waals surface area contributed by atoms with Crippen LogP contribution < -0.4 is 25.3 Å². The molecular weight excluding hydrogens is 450 g/mol. The summed E-state index contributed by atoms with van der Waals surface area (Å²) in [6.07, 6.45) is 2.60. The molecule has 1 saturated heterocycles. The molecular formula is C22H27N3O7S. The van der Waals surface area contributed by atoms with Crippen LogP contribution in [0.15, 0.2) is 41.3 Å². The summed E-state index contributed by atoms with van der Waals surface area (Å²) < 4.78 is 43.7. The van der Waals surface area contributed by atoms with Crippen molar-refractivity contribution in [3.63, 3.8) is 0 Å². The fourth-order valence-electron chi connectivity index (χ4n) is 3.53. The summed E-state index contributed by atoms with van der Waals surface area (Å²) in [5.74, 6) is -0.852. The molecule has 1 aliphatic rings. The van der Waals surface area contributed by atoms with Gasteiger partial charge < -0.3 is 25.3 Å². The standard InChI is InChI=1S/C22H27N3O7S/c1-30-17-12-15(13-18(31-2)21(17)32-14-20(23)26)22(27)24-16-8-4-5-9-19(16)33(28,29)25-10-6-3-7-11-25/h4-5,8-9,12-13H,3,6-7,10-11,14H2,1-2H3,(H2,23,26)(H,24,27). The number of nitrogens with zero attached hydrogens (tertiary/aromatic N) is 1. The Balaban J connectivity index is 1.91. The van der Waals surface area contributed by atoms with Gasteiger partial charge in [0, 0.05) is 18.7 Å². The van der Waals surface area contributed by atoms with Gasteiger partial charge in [-0.05, 0) is 37.1 Å². The van der Waals surface area contributed by atoms with Crippen molar-refractivity contribution in [2.45, 2.75) is 24.2 Å². The van der Waals surface area contributed by atoms with Crippen LogP contribution in [0, 0.1) is 0 Å². The zero-order valence-electron chi connectivity index (χ0n) is 18.5. The number of carbonyl (C=O) groups excluding carboxylic acids is 2. The molecule has 0 aliphatic carbocycles. The van der Waals surface area contributed by atoms with Crippen LogP contribution in [0.1, 0.15) is 29.6 Å². The number of benzene rings is 2. The fraction of sp³-hybridized carbons (Fsp3) is 0.364. The van der Waals surface area contributed by atoms with Crippen LogP contribution in [0.2, 0.25) is 0 Å². The molecule has 3 N–H and O–H groups in total. The van der Waals surface area contributed by atoms with Crippen LogP contribution in [0.4, 0.5) is 5.69 Å². The summed E-state index contributed by atoms with van der Waals surface area (Å²) >= 11 is 0. The summed E-state index contributed by atoms with van der Waals surface area (Å²) in [5.41, 5.74) is 5.43. The van der Waals surface area contributed by atoms with Gasteiger partial charge in [-0.15, -0.1) is 0 Å². The lowest BCUT2D eigenvalue weighted by molar-refractivity contribution is -0.120. The third-order valence-electron chi connectivity index (χ3n) is 5.15. The molecule has 0 unspecified atom stereocenters. The SMILES string of the molecule is COc1cc(C(=O)Nc2ccccc2S(=O)(=O)N2CCCCC2)cc(OC)c1OCC(N)=O. The first kappa shape index (κ1) is 24.3. The second-order valence-corrected chi connectivity index (χ2v) is 9.29. The molecule has 11 heteroatoms. The van der Waals surface area contributed by atoms with Gasteiger partial charge in [0.25, 0.3) is 11.8 Å². The number of methoxy groups -OCH3 is 2. The van der Waals surface area contributed by atoms with E-state index in [2.05, 4.69) is 5.32 Å². The minimum absolute atomic E-state index is 0.0283. The molecule has 0 radical (unpaired) electrons. The summed E-state index contributed by atoms with van der Waals surface area (Å²) in [6.45, 7) is 0.498. The van der Waals surface area contributed by atoms with Gasteiger partial charge in [0.1, 0.15) is 4.90 Å². The maximum Gasteiger partial charge on any atom is 0.255 e. The van der Waals surface area contributed by atoms with Crippen LogP contribution in [0.3, 0.4) is 0 Å². The van der Waals surface area contributed by atoms with E-state index in [-0.39, 0.29) is 33.4 Å². The number of amides is 2. The van der Waals surface area contributed by atoms with Gasteiger partial charge in [0.15, 0.2) is 18.1 Å². The van der Waals surface area contributed by atoms with Gasteiger partial charge in [-0.25, -0.2) is 8.42 Å². The number of para-hydroxylation sites is 1. The van der Waals surface area contributed by atoms with Crippen molar-refractivity contribution in [3.8, 4) is 17.2 Å². The first-order valence-corrected chi connectivity index (χ1v) is 11.8. The number of piperidine rings is 1. The molecule has 0 saturated carbocycles. The summed E-state index contributed by atoms with van der Waals surface area (Å²) in [5, 5.41) is 2.67. The quantitative estimate of drug-likeness (QED) is 0.563. The number of anilines is 1. The highest BCUT2D eigenvalue weighted by atomic mass is 32.2. The van der Waals surface area contributed by atoms with Gasteiger partial charge in [0.2, 0.25) is 15.8 Å². The Morgan fingerprint density at radius 3 is 2.21 bits per heavy atom. The molecule has 2 aromatic carbocycles. The number of hydrogen-bond donors (Lipinski definition) is 2. The number of carbonyl (C=O) groups is 2. The van der Waals surface area contributed by atoms with Gasteiger partial charge in [0.05, 0.1) is 19.9 Å². The van der Waals surface area contributed by atoms with Crippen LogP contribution in [-0.2, 0) is 14.8 Å². The molecule has 1 heterocycles. The van der Waals surface area contributed by atoms with E-state index in [9.17, 15) is 18.0 Å². The fourth-order valence-corrected chi connectivity index (χ4v) is 5.19. The lowest BCUT2D eigenvalue weighted by Gasteiger charge is -2.26. The van der Waals surface area contributed by atoms with E-state index in [4.69, 9.17) is 19.9 Å². The Kier molecular flexibility index (Phi) is 7.77. The second kappa shape index (κ2) is 10.5. The number of rotatable bonds is 9. The highest BCUT2D eigenvalue weighted by Crippen LogP contribution is 2.39. The van der Waals surface area contributed by atoms with E-state index in [1.807, 2.05) is 0 Å². The number of hydrogen-bond acceptors (Lipinski definition) is 7. The molecule has 178 valence electrons. The molecule has 1 fully saturated rings. The lowest BCUT2D eigenvalue weighted by Crippen LogP contribution is -2.36. The predicted molar refractivity (Wildman–Crippen MR) is 121 cm³/mol. The van der Waals surface area contributed by atoms with Crippen molar-refractivity contribution in [2.24, 2.45) is 5.73 Å². The van der Waals surface area contributed by atoms with Gasteiger partial charge in [-0.3, -0.25) is 9.59 Å². The maximum absolute atomic E-state index is 13.2. The number of nitrogens with one attached hydrogen (secondary N) is 1. The Morgan fingerprint density at radius 2 is 1.64 bits per heavy atom. The topological polar surface area (TPSA) is 137 Å². The van der Waals surface area contributed by atoms with Crippen molar-refractivity contribution in [3.05, 3.63) is 42.0 Å². The zero-order chi connectivity index (χ0) is 24.0. The van der Waals surface area contributed by atoms with E-state index >= 15 is 0 Å². The van der Waals surface area contributed by atoms with E-state index in [1.54, 1.807) is 12.1 Å². The number of ether oxygens (including phenoxy) is 3. The Morgan fingerprint density at radius 1 is 1.03 bits per heavy atom. The van der Waals surface area contributed by atoms with Crippen LogP contribution in [-0.4, -0.2) is 58.5 Å². The first-order valence-electron chi connectivity index (χ1n) is 10.4. The Labute approximate surface area is 192 Å². The third kappa shape index (κ3) is 5.55. The smallest absolute Gasteiger partial charge is 0.255 e. The average Bonchev–Trinajstić information content (AvgIpc) is 2.82. The van der Waals surface area contributed by atoms with E-state index in [0.29, 0.717) is 13.1 Å². The number of sulfonamides is 1. The first-order chi connectivity index (χ1) is 15.8. The molecule has 0 aromatic heterocycles. The average molecular weight is 478 g/mol. The molecule has 0 bridgehead atoms. The van der Waals surface area contributed by atoms with Gasteiger partial charge >= 0.3 is 0 Å². The largest absolute Gasteiger partial charge is 0.493 e. The molecule has 10 nitrogen and oxygen atoms in total. The second-order valence-electron chi connectivity index (χ2n) is 7.38. The summed E-state index contributed by atoms with van der Waals surface area (Å²) in [6, 6.07) is 9.07. The molecule has 3 rings (SSSR count). The van der Waals surface area contributed by atoms with Crippen LogP contribution in [0.5, 0.6) is 17.2 Å². The molecule has 0 atom stereocenters. The molecule has 33 heavy (non-hydrogen) atoms. The zero-order valence-corrected chi connectivity index (χ0v) is 19.3. The molecule has 0 spiro atoms. The van der Waals surface area contributed by atoms with E-state index in [0.717, 1.165) is 19.3 Å². The normalized spacial score (nSPS) is 14.4.